The van der Waals surface area contributed by atoms with E-state index in [0.29, 0.717) is 27.8 Å². The van der Waals surface area contributed by atoms with Crippen LogP contribution >= 0.6 is 35.0 Å². The molecule has 1 rings (SSSR count). The quantitative estimate of drug-likeness (QED) is 0.733. The summed E-state index contributed by atoms with van der Waals surface area (Å²) in [5.41, 5.74) is -1.25. The van der Waals surface area contributed by atoms with Crippen molar-refractivity contribution in [1.29, 1.82) is 0 Å². The summed E-state index contributed by atoms with van der Waals surface area (Å²) in [4.78, 5) is 23.9. The van der Waals surface area contributed by atoms with Crippen LogP contribution in [0.5, 0.6) is 0 Å². The van der Waals surface area contributed by atoms with Crippen LogP contribution in [0.15, 0.2) is 23.1 Å². The number of nitrogens with one attached hydrogen (secondary N) is 1. The van der Waals surface area contributed by atoms with Crippen molar-refractivity contribution in [3.05, 3.63) is 28.2 Å². The maximum absolute atomic E-state index is 11.9. The van der Waals surface area contributed by atoms with Gasteiger partial charge < -0.3 is 10.4 Å². The zero-order chi connectivity index (χ0) is 16.0. The van der Waals surface area contributed by atoms with Gasteiger partial charge in [0.15, 0.2) is 0 Å². The molecular weight excluding hydrogens is 333 g/mol. The molecule has 0 spiro atoms. The number of hydrogen-bond donors (Lipinski definition) is 2. The monoisotopic (exact) mass is 349 g/mol. The maximum atomic E-state index is 11.9. The second-order valence-corrected chi connectivity index (χ2v) is 6.66. The van der Waals surface area contributed by atoms with E-state index in [9.17, 15) is 14.7 Å². The van der Waals surface area contributed by atoms with E-state index in [1.807, 2.05) is 6.92 Å². The first-order valence-corrected chi connectivity index (χ1v) is 8.15. The van der Waals surface area contributed by atoms with E-state index >= 15 is 0 Å². The number of carbonyl (C=O) groups excluding carboxylic acids is 1. The molecule has 1 aromatic carbocycles. The zero-order valence-corrected chi connectivity index (χ0v) is 14.1. The minimum Gasteiger partial charge on any atom is -0.480 e. The second-order valence-electron chi connectivity index (χ2n) is 4.80. The normalized spacial score (nSPS) is 13.5. The summed E-state index contributed by atoms with van der Waals surface area (Å²) < 4.78 is 0. The van der Waals surface area contributed by atoms with Crippen LogP contribution in [-0.2, 0) is 9.59 Å². The lowest BCUT2D eigenvalue weighted by Gasteiger charge is -2.25. The Labute approximate surface area is 138 Å². The summed E-state index contributed by atoms with van der Waals surface area (Å²) in [6.45, 7) is 3.38. The Bertz CT molecular complexity index is 539. The second kappa shape index (κ2) is 7.92. The molecule has 116 valence electrons. The topological polar surface area (TPSA) is 66.4 Å². The maximum Gasteiger partial charge on any atom is 0.329 e. The largest absolute Gasteiger partial charge is 0.480 e. The SMILES string of the molecule is CCCC(C)(NC(=O)CSc1cc(Cl)ccc1Cl)C(=O)O. The van der Waals surface area contributed by atoms with Gasteiger partial charge in [-0.15, -0.1) is 11.8 Å². The number of carboxylic acid groups (broad SMARTS) is 1. The number of carbonyl (C=O) groups is 2. The van der Waals surface area contributed by atoms with E-state index in [-0.39, 0.29) is 11.7 Å². The highest BCUT2D eigenvalue weighted by molar-refractivity contribution is 8.00. The molecule has 0 bridgehead atoms. The van der Waals surface area contributed by atoms with E-state index in [4.69, 9.17) is 23.2 Å². The van der Waals surface area contributed by atoms with Crippen molar-refractivity contribution < 1.29 is 14.7 Å². The van der Waals surface area contributed by atoms with Gasteiger partial charge in [-0.1, -0.05) is 36.5 Å². The number of carboxylic acids is 1. The van der Waals surface area contributed by atoms with Crippen LogP contribution in [0, 0.1) is 0 Å². The van der Waals surface area contributed by atoms with Crippen molar-refractivity contribution in [3.8, 4) is 0 Å². The third-order valence-electron chi connectivity index (χ3n) is 2.89. The van der Waals surface area contributed by atoms with Gasteiger partial charge in [-0.3, -0.25) is 4.79 Å². The Kier molecular flexibility index (Phi) is 6.84. The van der Waals surface area contributed by atoms with Gasteiger partial charge in [-0.05, 0) is 31.5 Å². The molecular formula is C14H17Cl2NO3S. The van der Waals surface area contributed by atoms with Gasteiger partial charge in [0.25, 0.3) is 0 Å². The molecule has 0 heterocycles. The van der Waals surface area contributed by atoms with Crippen LogP contribution < -0.4 is 5.32 Å². The summed E-state index contributed by atoms with van der Waals surface area (Å²) >= 11 is 13.1. The fourth-order valence-electron chi connectivity index (χ4n) is 1.80. The summed E-state index contributed by atoms with van der Waals surface area (Å²) in [5, 5.41) is 12.8. The lowest BCUT2D eigenvalue weighted by Crippen LogP contribution is -2.52. The van der Waals surface area contributed by atoms with Gasteiger partial charge in [0.2, 0.25) is 5.91 Å². The Morgan fingerprint density at radius 1 is 1.38 bits per heavy atom. The molecule has 1 aromatic rings. The lowest BCUT2D eigenvalue weighted by atomic mass is 9.96. The van der Waals surface area contributed by atoms with Gasteiger partial charge in [-0.2, -0.15) is 0 Å². The molecule has 0 fully saturated rings. The molecule has 0 saturated heterocycles. The lowest BCUT2D eigenvalue weighted by molar-refractivity contribution is -0.146. The van der Waals surface area contributed by atoms with E-state index < -0.39 is 11.5 Å². The van der Waals surface area contributed by atoms with E-state index in [1.54, 1.807) is 18.2 Å². The van der Waals surface area contributed by atoms with Gasteiger partial charge >= 0.3 is 5.97 Å². The zero-order valence-electron chi connectivity index (χ0n) is 11.8. The molecule has 2 N–H and O–H groups in total. The molecule has 1 unspecified atom stereocenters. The minimum atomic E-state index is -1.25. The van der Waals surface area contributed by atoms with E-state index in [0.717, 1.165) is 0 Å². The Morgan fingerprint density at radius 3 is 2.62 bits per heavy atom. The number of benzene rings is 1. The molecule has 0 aromatic heterocycles. The molecule has 0 aliphatic rings. The summed E-state index contributed by atoms with van der Waals surface area (Å²) in [6, 6.07) is 4.99. The van der Waals surface area contributed by atoms with Crippen LogP contribution in [0.3, 0.4) is 0 Å². The summed E-state index contributed by atoms with van der Waals surface area (Å²) in [5.74, 6) is -1.31. The Balaban J connectivity index is 2.65. The molecule has 21 heavy (non-hydrogen) atoms. The number of hydrogen-bond acceptors (Lipinski definition) is 3. The highest BCUT2D eigenvalue weighted by Crippen LogP contribution is 2.29. The molecule has 7 heteroatoms. The first-order chi connectivity index (χ1) is 9.78. The molecule has 4 nitrogen and oxygen atoms in total. The number of thioether (sulfide) groups is 1. The Hall–Kier alpha value is -0.910. The highest BCUT2D eigenvalue weighted by Gasteiger charge is 2.33. The number of aliphatic carboxylic acids is 1. The van der Waals surface area contributed by atoms with Crippen molar-refractivity contribution >= 4 is 46.8 Å². The standard InChI is InChI=1S/C14H17Cl2NO3S/c1-3-6-14(2,13(19)20)17-12(18)8-21-11-7-9(15)4-5-10(11)16/h4-5,7H,3,6,8H2,1-2H3,(H,17,18)(H,19,20). The number of rotatable bonds is 7. The van der Waals surface area contributed by atoms with E-state index in [2.05, 4.69) is 5.32 Å². The minimum absolute atomic E-state index is 0.0760. The van der Waals surface area contributed by atoms with Crippen LogP contribution in [0.2, 0.25) is 10.0 Å². The molecule has 0 aliphatic carbocycles. The molecule has 0 radical (unpaired) electrons. The molecule has 0 aliphatic heterocycles. The van der Waals surface area contributed by atoms with Gasteiger partial charge in [0.1, 0.15) is 5.54 Å². The van der Waals surface area contributed by atoms with Gasteiger partial charge in [0, 0.05) is 9.92 Å². The first kappa shape index (κ1) is 18.1. The van der Waals surface area contributed by atoms with Crippen molar-refractivity contribution in [2.24, 2.45) is 0 Å². The predicted octanol–water partition coefficient (Wildman–Crippen LogP) is 3.85. The summed E-state index contributed by atoms with van der Waals surface area (Å²) in [7, 11) is 0. The average Bonchev–Trinajstić information content (AvgIpc) is 2.40. The summed E-state index contributed by atoms with van der Waals surface area (Å²) in [6.07, 6.45) is 1.03. The highest BCUT2D eigenvalue weighted by atomic mass is 35.5. The predicted molar refractivity (Wildman–Crippen MR) is 86.3 cm³/mol. The fraction of sp³-hybridized carbons (Fsp3) is 0.429. The Morgan fingerprint density at radius 2 is 2.05 bits per heavy atom. The van der Waals surface area contributed by atoms with Crippen LogP contribution in [-0.4, -0.2) is 28.3 Å². The van der Waals surface area contributed by atoms with Crippen molar-refractivity contribution in [3.63, 3.8) is 0 Å². The molecule has 1 atom stereocenters. The first-order valence-electron chi connectivity index (χ1n) is 6.40. The molecule has 1 amide bonds. The molecule has 0 saturated carbocycles. The van der Waals surface area contributed by atoms with Crippen molar-refractivity contribution in [1.82, 2.24) is 5.32 Å². The van der Waals surface area contributed by atoms with Crippen LogP contribution in [0.1, 0.15) is 26.7 Å². The fourth-order valence-corrected chi connectivity index (χ4v) is 3.09. The number of amides is 1. The van der Waals surface area contributed by atoms with Gasteiger partial charge in [0.05, 0.1) is 10.8 Å². The third kappa shape index (κ3) is 5.41. The van der Waals surface area contributed by atoms with Crippen LogP contribution in [0.25, 0.3) is 0 Å². The van der Waals surface area contributed by atoms with Gasteiger partial charge in [-0.25, -0.2) is 4.79 Å². The number of halogens is 2. The van der Waals surface area contributed by atoms with Crippen molar-refractivity contribution in [2.45, 2.75) is 37.1 Å². The van der Waals surface area contributed by atoms with Crippen LogP contribution in [0.4, 0.5) is 0 Å². The van der Waals surface area contributed by atoms with E-state index in [1.165, 1.54) is 18.7 Å². The smallest absolute Gasteiger partial charge is 0.329 e. The third-order valence-corrected chi connectivity index (χ3v) is 4.62. The average molecular weight is 350 g/mol. The van der Waals surface area contributed by atoms with Crippen molar-refractivity contribution in [2.75, 3.05) is 5.75 Å².